The standard InChI is InChI=1S/C14H28O2.C9H15F3O2/c1-6-9-10-12(7-2)11-16-13(15)14(4,5)8-3;1-5-8(3,4)7(13)14-6(2)9(10,11)12/h12H,6-11H2,1-5H3;6H,5H2,1-4H3. The van der Waals surface area contributed by atoms with Crippen LogP contribution in [0.1, 0.15) is 101 Å². The first-order valence-electron chi connectivity index (χ1n) is 11.0. The molecule has 0 amide bonds. The Balaban J connectivity index is 0. The summed E-state index contributed by atoms with van der Waals surface area (Å²) in [4.78, 5) is 23.0. The van der Waals surface area contributed by atoms with Crippen molar-refractivity contribution in [2.24, 2.45) is 16.7 Å². The van der Waals surface area contributed by atoms with Gasteiger partial charge in [0.2, 0.25) is 0 Å². The molecule has 4 nitrogen and oxygen atoms in total. The van der Waals surface area contributed by atoms with Gasteiger partial charge in [-0.1, -0.05) is 47.0 Å². The Kier molecular flexibility index (Phi) is 14.3. The van der Waals surface area contributed by atoms with E-state index in [1.54, 1.807) is 20.8 Å². The molecular weight excluding hydrogens is 397 g/mol. The molecule has 0 N–H and O–H groups in total. The quantitative estimate of drug-likeness (QED) is 0.322. The lowest BCUT2D eigenvalue weighted by atomic mass is 9.90. The average molecular weight is 441 g/mol. The molecule has 0 rings (SSSR count). The fourth-order valence-electron chi connectivity index (χ4n) is 1.96. The van der Waals surface area contributed by atoms with Crippen LogP contribution in [0.5, 0.6) is 0 Å². The fraction of sp³-hybridized carbons (Fsp3) is 0.913. The molecule has 0 aromatic rings. The Labute approximate surface area is 181 Å². The highest BCUT2D eigenvalue weighted by Gasteiger charge is 2.41. The van der Waals surface area contributed by atoms with Gasteiger partial charge in [0, 0.05) is 0 Å². The van der Waals surface area contributed by atoms with E-state index in [0.717, 1.165) is 19.8 Å². The molecule has 0 radical (unpaired) electrons. The normalized spacial score (nSPS) is 14.3. The van der Waals surface area contributed by atoms with Crippen LogP contribution in [-0.4, -0.2) is 30.8 Å². The van der Waals surface area contributed by atoms with Gasteiger partial charge in [-0.2, -0.15) is 13.2 Å². The maximum Gasteiger partial charge on any atom is 0.425 e. The van der Waals surface area contributed by atoms with Crippen LogP contribution in [0.15, 0.2) is 0 Å². The van der Waals surface area contributed by atoms with Crippen LogP contribution < -0.4 is 0 Å². The molecule has 2 atom stereocenters. The smallest absolute Gasteiger partial charge is 0.425 e. The van der Waals surface area contributed by atoms with Gasteiger partial charge in [0.15, 0.2) is 6.10 Å². The van der Waals surface area contributed by atoms with Crippen molar-refractivity contribution in [2.75, 3.05) is 6.61 Å². The SMILES string of the molecule is CCC(C)(C)C(=O)OC(C)C(F)(F)F.CCCCC(CC)COC(=O)C(C)(C)CC. The Morgan fingerprint density at radius 2 is 1.33 bits per heavy atom. The van der Waals surface area contributed by atoms with E-state index < -0.39 is 23.7 Å². The number of carbonyl (C=O) groups is 2. The summed E-state index contributed by atoms with van der Waals surface area (Å²) in [5.41, 5.74) is -1.19. The summed E-state index contributed by atoms with van der Waals surface area (Å²) in [6, 6.07) is 0. The minimum atomic E-state index is -4.49. The molecule has 0 aromatic heterocycles. The van der Waals surface area contributed by atoms with Crippen molar-refractivity contribution < 1.29 is 32.2 Å². The topological polar surface area (TPSA) is 52.6 Å². The first-order chi connectivity index (χ1) is 13.6. The van der Waals surface area contributed by atoms with Gasteiger partial charge in [0.1, 0.15) is 0 Å². The number of esters is 2. The Hall–Kier alpha value is -1.27. The summed E-state index contributed by atoms with van der Waals surface area (Å²) < 4.78 is 45.8. The molecular formula is C23H43F3O4. The van der Waals surface area contributed by atoms with Crippen LogP contribution >= 0.6 is 0 Å². The van der Waals surface area contributed by atoms with Gasteiger partial charge in [-0.05, 0) is 59.8 Å². The second kappa shape index (κ2) is 13.9. The minimum absolute atomic E-state index is 0.0510. The van der Waals surface area contributed by atoms with Crippen LogP contribution in [0.3, 0.4) is 0 Å². The third kappa shape index (κ3) is 12.4. The second-order valence-corrected chi connectivity index (χ2v) is 9.08. The lowest BCUT2D eigenvalue weighted by Gasteiger charge is -2.24. The third-order valence-corrected chi connectivity index (χ3v) is 5.61. The summed E-state index contributed by atoms with van der Waals surface area (Å²) in [5.74, 6) is -0.327. The van der Waals surface area contributed by atoms with E-state index in [9.17, 15) is 22.8 Å². The second-order valence-electron chi connectivity index (χ2n) is 9.08. The minimum Gasteiger partial charge on any atom is -0.465 e. The molecule has 7 heteroatoms. The first-order valence-corrected chi connectivity index (χ1v) is 11.0. The maximum absolute atomic E-state index is 12.0. The van der Waals surface area contributed by atoms with Crippen molar-refractivity contribution in [1.29, 1.82) is 0 Å². The number of carbonyl (C=O) groups excluding carboxylic acids is 2. The third-order valence-electron chi connectivity index (χ3n) is 5.61. The van der Waals surface area contributed by atoms with Crippen molar-refractivity contribution >= 4 is 11.9 Å². The fourth-order valence-corrected chi connectivity index (χ4v) is 1.96. The molecule has 0 spiro atoms. The molecule has 180 valence electrons. The summed E-state index contributed by atoms with van der Waals surface area (Å²) in [5, 5.41) is 0. The van der Waals surface area contributed by atoms with Crippen LogP contribution in [0.25, 0.3) is 0 Å². The Morgan fingerprint density at radius 3 is 1.70 bits per heavy atom. The predicted octanol–water partition coefficient (Wildman–Crippen LogP) is 7.10. The van der Waals surface area contributed by atoms with Crippen molar-refractivity contribution in [3.8, 4) is 0 Å². The van der Waals surface area contributed by atoms with Crippen LogP contribution in [0.2, 0.25) is 0 Å². The molecule has 30 heavy (non-hydrogen) atoms. The van der Waals surface area contributed by atoms with Crippen LogP contribution in [-0.2, 0) is 19.1 Å². The van der Waals surface area contributed by atoms with Gasteiger partial charge in [-0.25, -0.2) is 0 Å². The van der Waals surface area contributed by atoms with Crippen molar-refractivity contribution in [3.63, 3.8) is 0 Å². The highest BCUT2D eigenvalue weighted by Crippen LogP contribution is 2.27. The summed E-state index contributed by atoms with van der Waals surface area (Å²) in [7, 11) is 0. The van der Waals surface area contributed by atoms with E-state index in [4.69, 9.17) is 4.74 Å². The number of alkyl halides is 3. The van der Waals surface area contributed by atoms with Gasteiger partial charge in [0.05, 0.1) is 17.4 Å². The number of hydrogen-bond donors (Lipinski definition) is 0. The number of unbranched alkanes of at least 4 members (excludes halogenated alkanes) is 1. The van der Waals surface area contributed by atoms with E-state index in [1.165, 1.54) is 19.3 Å². The van der Waals surface area contributed by atoms with Crippen molar-refractivity contribution in [1.82, 2.24) is 0 Å². The summed E-state index contributed by atoms with van der Waals surface area (Å²) >= 11 is 0. The zero-order valence-corrected chi connectivity index (χ0v) is 20.4. The maximum atomic E-state index is 12.0. The number of ether oxygens (including phenoxy) is 2. The molecule has 0 saturated heterocycles. The van der Waals surface area contributed by atoms with E-state index in [2.05, 4.69) is 18.6 Å². The molecule has 0 aliphatic rings. The van der Waals surface area contributed by atoms with Crippen molar-refractivity contribution in [2.45, 2.75) is 113 Å². The zero-order chi connectivity index (χ0) is 24.2. The van der Waals surface area contributed by atoms with E-state index in [0.29, 0.717) is 18.9 Å². The highest BCUT2D eigenvalue weighted by molar-refractivity contribution is 5.76. The van der Waals surface area contributed by atoms with E-state index in [1.807, 2.05) is 20.8 Å². The Morgan fingerprint density at radius 1 is 0.867 bits per heavy atom. The van der Waals surface area contributed by atoms with Crippen LogP contribution in [0, 0.1) is 16.7 Å². The summed E-state index contributed by atoms with van der Waals surface area (Å²) in [6.07, 6.45) is -0.543. The molecule has 0 saturated carbocycles. The monoisotopic (exact) mass is 440 g/mol. The lowest BCUT2D eigenvalue weighted by molar-refractivity contribution is -0.221. The predicted molar refractivity (Wildman–Crippen MR) is 114 cm³/mol. The molecule has 0 fully saturated rings. The molecule has 2 unspecified atom stereocenters. The van der Waals surface area contributed by atoms with Crippen molar-refractivity contribution in [3.05, 3.63) is 0 Å². The summed E-state index contributed by atoms with van der Waals surface area (Å²) in [6.45, 7) is 16.5. The molecule has 0 aliphatic heterocycles. The first kappa shape index (κ1) is 30.9. The Bertz CT molecular complexity index is 499. The van der Waals surface area contributed by atoms with Gasteiger partial charge in [-0.3, -0.25) is 9.59 Å². The largest absolute Gasteiger partial charge is 0.465 e. The molecule has 0 heterocycles. The van der Waals surface area contributed by atoms with E-state index >= 15 is 0 Å². The highest BCUT2D eigenvalue weighted by atomic mass is 19.4. The number of halogens is 3. The average Bonchev–Trinajstić information content (AvgIpc) is 2.67. The molecule has 0 bridgehead atoms. The van der Waals surface area contributed by atoms with Crippen LogP contribution in [0.4, 0.5) is 13.2 Å². The lowest BCUT2D eigenvalue weighted by Crippen LogP contribution is -2.36. The number of rotatable bonds is 11. The zero-order valence-electron chi connectivity index (χ0n) is 20.4. The number of hydrogen-bond acceptors (Lipinski definition) is 4. The molecule has 0 aromatic carbocycles. The van der Waals surface area contributed by atoms with Gasteiger partial charge >= 0.3 is 18.1 Å². The van der Waals surface area contributed by atoms with E-state index in [-0.39, 0.29) is 11.4 Å². The molecule has 0 aliphatic carbocycles. The van der Waals surface area contributed by atoms with Gasteiger partial charge < -0.3 is 9.47 Å². The van der Waals surface area contributed by atoms with Gasteiger partial charge in [0.25, 0.3) is 0 Å². The van der Waals surface area contributed by atoms with Gasteiger partial charge in [-0.15, -0.1) is 0 Å².